The average molecular weight is 491 g/mol. The van der Waals surface area contributed by atoms with E-state index in [1.54, 1.807) is 42.2 Å². The van der Waals surface area contributed by atoms with Gasteiger partial charge in [0.2, 0.25) is 5.91 Å². The summed E-state index contributed by atoms with van der Waals surface area (Å²) in [6, 6.07) is 13.4. The fourth-order valence-electron chi connectivity index (χ4n) is 5.95. The lowest BCUT2D eigenvalue weighted by molar-refractivity contribution is -0.384. The Morgan fingerprint density at radius 3 is 2.86 bits per heavy atom. The number of ketones is 1. The first-order chi connectivity index (χ1) is 16.9. The van der Waals surface area contributed by atoms with E-state index in [4.69, 9.17) is 0 Å². The number of hydrogen-bond donors (Lipinski definition) is 1. The predicted molar refractivity (Wildman–Crippen MR) is 128 cm³/mol. The van der Waals surface area contributed by atoms with Crippen molar-refractivity contribution in [3.05, 3.63) is 99.6 Å². The largest absolute Gasteiger partial charge is 0.324 e. The molecule has 3 aliphatic heterocycles. The number of nitro benzene ring substituents is 1. The van der Waals surface area contributed by atoms with Gasteiger partial charge in [-0.15, -0.1) is 11.8 Å². The van der Waals surface area contributed by atoms with Crippen LogP contribution < -0.4 is 5.32 Å². The molecular formula is C25H19FN4O4S. The number of carbonyl (C=O) groups is 2. The number of thioether (sulfide) groups is 1. The van der Waals surface area contributed by atoms with Crippen molar-refractivity contribution in [3.63, 3.8) is 0 Å². The van der Waals surface area contributed by atoms with E-state index in [0.717, 1.165) is 0 Å². The second kappa shape index (κ2) is 7.96. The predicted octanol–water partition coefficient (Wildman–Crippen LogP) is 3.95. The standard InChI is InChI=1S/C25H19FN4O4S/c26-16-6-7-19-18(10-16)25(24(32)28-19)22(23(31)15-4-2-8-27-11-15)21(20-12-35-13-29(20)25)14-3-1-5-17(9-14)30(33)34/h1-11,20-22H,12-13H2,(H,28,32)/t20-,21+,22+,25+/m0/s1. The normalized spacial score (nSPS) is 27.0. The van der Waals surface area contributed by atoms with Gasteiger partial charge >= 0.3 is 0 Å². The topological polar surface area (TPSA) is 105 Å². The summed E-state index contributed by atoms with van der Waals surface area (Å²) >= 11 is 1.62. The summed E-state index contributed by atoms with van der Waals surface area (Å²) in [7, 11) is 0. The number of non-ortho nitro benzene ring substituents is 1. The number of carbonyl (C=O) groups excluding carboxylic acids is 2. The maximum absolute atomic E-state index is 14.5. The summed E-state index contributed by atoms with van der Waals surface area (Å²) in [5, 5.41) is 14.4. The fourth-order valence-corrected chi connectivity index (χ4v) is 7.28. The zero-order valence-corrected chi connectivity index (χ0v) is 19.1. The average Bonchev–Trinajstić information content (AvgIpc) is 3.52. The number of benzene rings is 2. The molecule has 2 aromatic carbocycles. The number of amides is 1. The van der Waals surface area contributed by atoms with Crippen LogP contribution in [0.1, 0.15) is 27.4 Å². The number of fused-ring (bicyclic) bond motifs is 4. The molecule has 10 heteroatoms. The molecule has 4 heterocycles. The Morgan fingerprint density at radius 1 is 1.23 bits per heavy atom. The number of anilines is 1. The Morgan fingerprint density at radius 2 is 2.09 bits per heavy atom. The number of nitro groups is 1. The number of hydrogen-bond acceptors (Lipinski definition) is 7. The zero-order chi connectivity index (χ0) is 24.3. The van der Waals surface area contributed by atoms with E-state index >= 15 is 0 Å². The van der Waals surface area contributed by atoms with E-state index in [-0.39, 0.29) is 23.4 Å². The second-order valence-electron chi connectivity index (χ2n) is 8.91. The number of nitrogens with one attached hydrogen (secondary N) is 1. The number of Topliss-reactive ketones (excluding diaryl/α,β-unsaturated/α-hetero) is 1. The highest BCUT2D eigenvalue weighted by Crippen LogP contribution is 2.61. The van der Waals surface area contributed by atoms with Gasteiger partial charge in [-0.1, -0.05) is 12.1 Å². The van der Waals surface area contributed by atoms with Crippen LogP contribution in [-0.2, 0) is 10.3 Å². The van der Waals surface area contributed by atoms with Crippen molar-refractivity contribution in [3.8, 4) is 0 Å². The first-order valence-corrected chi connectivity index (χ1v) is 12.2. The van der Waals surface area contributed by atoms with Crippen molar-refractivity contribution in [1.82, 2.24) is 9.88 Å². The van der Waals surface area contributed by atoms with Crippen LogP contribution in [0.4, 0.5) is 15.8 Å². The van der Waals surface area contributed by atoms with Crippen LogP contribution in [0, 0.1) is 21.8 Å². The molecule has 3 aromatic rings. The van der Waals surface area contributed by atoms with Gasteiger partial charge in [-0.05, 0) is 35.9 Å². The van der Waals surface area contributed by atoms with Gasteiger partial charge in [-0.25, -0.2) is 4.39 Å². The summed E-state index contributed by atoms with van der Waals surface area (Å²) in [6.07, 6.45) is 3.01. The molecule has 1 amide bonds. The number of nitrogens with zero attached hydrogens (tertiary/aromatic N) is 3. The van der Waals surface area contributed by atoms with Gasteiger partial charge in [0.05, 0.1) is 10.8 Å². The molecule has 0 unspecified atom stereocenters. The lowest BCUT2D eigenvalue weighted by Crippen LogP contribution is -2.52. The van der Waals surface area contributed by atoms with Crippen LogP contribution >= 0.6 is 11.8 Å². The Labute approximate surface area is 203 Å². The molecule has 35 heavy (non-hydrogen) atoms. The van der Waals surface area contributed by atoms with E-state index in [0.29, 0.717) is 34.0 Å². The van der Waals surface area contributed by atoms with Crippen molar-refractivity contribution >= 4 is 34.8 Å². The summed E-state index contributed by atoms with van der Waals surface area (Å²) < 4.78 is 14.5. The van der Waals surface area contributed by atoms with Crippen molar-refractivity contribution in [2.24, 2.45) is 5.92 Å². The third-order valence-corrected chi connectivity index (χ3v) is 8.32. The maximum atomic E-state index is 14.5. The molecule has 1 aromatic heterocycles. The van der Waals surface area contributed by atoms with Crippen molar-refractivity contribution in [1.29, 1.82) is 0 Å². The van der Waals surface area contributed by atoms with Gasteiger partial charge in [0, 0.05) is 64.9 Å². The fraction of sp³-hybridized carbons (Fsp3) is 0.240. The lowest BCUT2D eigenvalue weighted by atomic mass is 9.69. The van der Waals surface area contributed by atoms with Crippen LogP contribution in [0.15, 0.2) is 67.0 Å². The van der Waals surface area contributed by atoms with Gasteiger partial charge in [0.15, 0.2) is 5.78 Å². The molecule has 0 saturated carbocycles. The molecular weight excluding hydrogens is 471 g/mol. The molecule has 0 radical (unpaired) electrons. The number of pyridine rings is 1. The lowest BCUT2D eigenvalue weighted by Gasteiger charge is -2.36. The minimum absolute atomic E-state index is 0.0875. The Kier molecular flexibility index (Phi) is 4.97. The smallest absolute Gasteiger partial charge is 0.269 e. The van der Waals surface area contributed by atoms with Crippen LogP contribution in [0.3, 0.4) is 0 Å². The van der Waals surface area contributed by atoms with Crippen LogP contribution in [0.5, 0.6) is 0 Å². The maximum Gasteiger partial charge on any atom is 0.269 e. The Hall–Kier alpha value is -3.63. The summed E-state index contributed by atoms with van der Waals surface area (Å²) in [4.78, 5) is 45.2. The zero-order valence-electron chi connectivity index (χ0n) is 18.3. The van der Waals surface area contributed by atoms with E-state index in [2.05, 4.69) is 10.3 Å². The van der Waals surface area contributed by atoms with E-state index in [1.807, 2.05) is 4.90 Å². The number of aromatic nitrogens is 1. The quantitative estimate of drug-likeness (QED) is 0.335. The van der Waals surface area contributed by atoms with Crippen molar-refractivity contribution in [2.45, 2.75) is 17.5 Å². The van der Waals surface area contributed by atoms with E-state index in [1.165, 1.54) is 36.5 Å². The minimum Gasteiger partial charge on any atom is -0.324 e. The van der Waals surface area contributed by atoms with Gasteiger partial charge < -0.3 is 5.32 Å². The van der Waals surface area contributed by atoms with Gasteiger partial charge in [0.1, 0.15) is 11.4 Å². The van der Waals surface area contributed by atoms with E-state index < -0.39 is 28.1 Å². The molecule has 8 nitrogen and oxygen atoms in total. The van der Waals surface area contributed by atoms with Crippen LogP contribution in [0.25, 0.3) is 0 Å². The van der Waals surface area contributed by atoms with Gasteiger partial charge in [-0.3, -0.25) is 29.6 Å². The molecule has 2 fully saturated rings. The van der Waals surface area contributed by atoms with E-state index in [9.17, 15) is 24.1 Å². The highest BCUT2D eigenvalue weighted by Gasteiger charge is 2.69. The monoisotopic (exact) mass is 490 g/mol. The van der Waals surface area contributed by atoms with Gasteiger partial charge in [0.25, 0.3) is 5.69 Å². The highest BCUT2D eigenvalue weighted by atomic mass is 32.2. The number of rotatable bonds is 4. The third-order valence-electron chi connectivity index (χ3n) is 7.28. The molecule has 176 valence electrons. The molecule has 1 spiro atoms. The SMILES string of the molecule is O=C(c1cccnc1)[C@H]1[C@H](c2cccc([N+](=O)[O-])c2)[C@@H]2CSCN2[C@@]12C(=O)Nc1ccc(F)cc12. The Balaban J connectivity index is 1.63. The molecule has 6 rings (SSSR count). The van der Waals surface area contributed by atoms with Crippen molar-refractivity contribution in [2.75, 3.05) is 16.9 Å². The van der Waals surface area contributed by atoms with Gasteiger partial charge in [-0.2, -0.15) is 0 Å². The summed E-state index contributed by atoms with van der Waals surface area (Å²) in [5.41, 5.74) is 0.289. The minimum atomic E-state index is -1.45. The first kappa shape index (κ1) is 21.9. The summed E-state index contributed by atoms with van der Waals surface area (Å²) in [6.45, 7) is 0. The summed E-state index contributed by atoms with van der Waals surface area (Å²) in [5.74, 6) is -1.57. The molecule has 0 bridgehead atoms. The Bertz CT molecular complexity index is 1390. The highest BCUT2D eigenvalue weighted by molar-refractivity contribution is 7.99. The molecule has 0 aliphatic carbocycles. The number of halogens is 1. The van der Waals surface area contributed by atoms with Crippen LogP contribution in [0.2, 0.25) is 0 Å². The first-order valence-electron chi connectivity index (χ1n) is 11.1. The molecule has 3 aliphatic rings. The third kappa shape index (κ3) is 3.06. The second-order valence-corrected chi connectivity index (χ2v) is 9.91. The van der Waals surface area contributed by atoms with Crippen LogP contribution in [-0.4, -0.2) is 44.2 Å². The van der Waals surface area contributed by atoms with Crippen molar-refractivity contribution < 1.29 is 18.9 Å². The molecule has 2 saturated heterocycles. The molecule has 1 N–H and O–H groups in total. The molecule has 4 atom stereocenters.